The van der Waals surface area contributed by atoms with Gasteiger partial charge in [0.2, 0.25) is 0 Å². The van der Waals surface area contributed by atoms with E-state index in [1.165, 1.54) is 0 Å². The molecule has 4 aromatic rings. The number of rotatable bonds is 1. The van der Waals surface area contributed by atoms with Gasteiger partial charge in [-0.15, -0.1) is 0 Å². The van der Waals surface area contributed by atoms with Crippen molar-refractivity contribution in [2.45, 2.75) is 32.3 Å². The molecule has 0 fully saturated rings. The highest BCUT2D eigenvalue weighted by Gasteiger charge is 2.31. The summed E-state index contributed by atoms with van der Waals surface area (Å²) in [5.74, 6) is 0.812. The van der Waals surface area contributed by atoms with E-state index in [4.69, 9.17) is 14.1 Å². The molecule has 4 nitrogen and oxygen atoms in total. The highest BCUT2D eigenvalue weighted by molar-refractivity contribution is 6.08. The van der Waals surface area contributed by atoms with Gasteiger partial charge in [0, 0.05) is 21.9 Å². The van der Waals surface area contributed by atoms with Gasteiger partial charge in [-0.3, -0.25) is 0 Å². The number of aryl methyl sites for hydroxylation is 1. The Morgan fingerprint density at radius 1 is 0.963 bits per heavy atom. The average Bonchev–Trinajstić information content (AvgIpc) is 2.68. The Morgan fingerprint density at radius 2 is 1.67 bits per heavy atom. The maximum absolute atomic E-state index is 12.7. The average molecular weight is 357 g/mol. The van der Waals surface area contributed by atoms with Gasteiger partial charge >= 0.3 is 5.63 Å². The lowest BCUT2D eigenvalue weighted by Gasteiger charge is -2.33. The lowest BCUT2D eigenvalue weighted by molar-refractivity contribution is 0.0870. The molecule has 0 amide bonds. The van der Waals surface area contributed by atoms with Crippen LogP contribution < -0.4 is 10.4 Å². The Balaban J connectivity index is 1.90. The summed E-state index contributed by atoms with van der Waals surface area (Å²) >= 11 is 0. The van der Waals surface area contributed by atoms with Crippen LogP contribution in [0.4, 0.5) is 0 Å². The molecular formula is C23H19NO3. The Morgan fingerprint density at radius 3 is 2.44 bits per heavy atom. The molecular weight excluding hydrogens is 338 g/mol. The third-order valence-corrected chi connectivity index (χ3v) is 5.20. The fourth-order valence-electron chi connectivity index (χ4n) is 3.81. The first-order valence-electron chi connectivity index (χ1n) is 9.16. The number of hydrogen-bond donors (Lipinski definition) is 0. The van der Waals surface area contributed by atoms with Crippen LogP contribution in [0.1, 0.15) is 25.8 Å². The minimum Gasteiger partial charge on any atom is -0.487 e. The molecule has 0 bridgehead atoms. The highest BCUT2D eigenvalue weighted by Crippen LogP contribution is 2.43. The van der Waals surface area contributed by atoms with Crippen molar-refractivity contribution >= 4 is 21.9 Å². The van der Waals surface area contributed by atoms with E-state index in [-0.39, 0.29) is 5.60 Å². The van der Waals surface area contributed by atoms with Gasteiger partial charge in [-0.25, -0.2) is 9.78 Å². The van der Waals surface area contributed by atoms with Crippen LogP contribution in [0, 0.1) is 0 Å². The van der Waals surface area contributed by atoms with Crippen LogP contribution in [-0.2, 0) is 6.42 Å². The van der Waals surface area contributed by atoms with E-state index in [0.717, 1.165) is 40.5 Å². The Bertz CT molecular complexity index is 1240. The molecule has 3 aromatic carbocycles. The summed E-state index contributed by atoms with van der Waals surface area (Å²) in [4.78, 5) is 17.5. The predicted molar refractivity (Wildman–Crippen MR) is 106 cm³/mol. The molecule has 134 valence electrons. The van der Waals surface area contributed by atoms with E-state index >= 15 is 0 Å². The van der Waals surface area contributed by atoms with E-state index in [1.54, 1.807) is 0 Å². The van der Waals surface area contributed by atoms with Gasteiger partial charge in [0.1, 0.15) is 16.9 Å². The molecule has 0 radical (unpaired) electrons. The van der Waals surface area contributed by atoms with Crippen molar-refractivity contribution < 1.29 is 9.15 Å². The molecule has 1 aromatic heterocycles. The molecule has 27 heavy (non-hydrogen) atoms. The van der Waals surface area contributed by atoms with Crippen molar-refractivity contribution in [1.29, 1.82) is 0 Å². The molecule has 1 aliphatic rings. The molecule has 0 spiro atoms. The molecule has 5 rings (SSSR count). The van der Waals surface area contributed by atoms with Crippen LogP contribution in [0.5, 0.6) is 5.75 Å². The van der Waals surface area contributed by atoms with Crippen molar-refractivity contribution in [2.24, 2.45) is 0 Å². The zero-order valence-corrected chi connectivity index (χ0v) is 15.3. The topological polar surface area (TPSA) is 52.3 Å². The Labute approximate surface area is 156 Å². The lowest BCUT2D eigenvalue weighted by atomic mass is 9.91. The van der Waals surface area contributed by atoms with Gasteiger partial charge in [0.25, 0.3) is 0 Å². The Kier molecular flexibility index (Phi) is 3.38. The summed E-state index contributed by atoms with van der Waals surface area (Å²) in [6, 6.07) is 17.5. The van der Waals surface area contributed by atoms with E-state index in [2.05, 4.69) is 13.8 Å². The number of ether oxygens (including phenoxy) is 1. The van der Waals surface area contributed by atoms with Crippen LogP contribution in [0.25, 0.3) is 33.1 Å². The minimum absolute atomic E-state index is 0.249. The van der Waals surface area contributed by atoms with Gasteiger partial charge in [-0.1, -0.05) is 54.6 Å². The van der Waals surface area contributed by atoms with Crippen LogP contribution in [0.15, 0.2) is 63.8 Å². The van der Waals surface area contributed by atoms with Crippen molar-refractivity contribution in [3.05, 3.63) is 70.6 Å². The molecule has 0 aliphatic carbocycles. The molecule has 0 unspecified atom stereocenters. The van der Waals surface area contributed by atoms with Gasteiger partial charge in [-0.05, 0) is 26.7 Å². The monoisotopic (exact) mass is 357 g/mol. The summed E-state index contributed by atoms with van der Waals surface area (Å²) in [5.41, 5.74) is 2.62. The SMILES string of the molecule is CC1(C)CCc2c(c3ccccc3c3nc(-c4ccccc4)c(=O)oc23)O1. The quantitative estimate of drug-likeness (QED) is 0.444. The Hall–Kier alpha value is -3.14. The van der Waals surface area contributed by atoms with Gasteiger partial charge < -0.3 is 9.15 Å². The van der Waals surface area contributed by atoms with Crippen LogP contribution in [-0.4, -0.2) is 10.6 Å². The number of nitrogens with zero attached hydrogens (tertiary/aromatic N) is 1. The summed E-state index contributed by atoms with van der Waals surface area (Å²) in [7, 11) is 0. The number of hydrogen-bond acceptors (Lipinski definition) is 4. The number of fused-ring (bicyclic) bond motifs is 6. The smallest absolute Gasteiger partial charge is 0.363 e. The summed E-state index contributed by atoms with van der Waals surface area (Å²) in [6.45, 7) is 4.17. The first kappa shape index (κ1) is 16.1. The van der Waals surface area contributed by atoms with Gasteiger partial charge in [0.15, 0.2) is 11.3 Å². The van der Waals surface area contributed by atoms with Crippen molar-refractivity contribution in [2.75, 3.05) is 0 Å². The molecule has 0 saturated carbocycles. The lowest BCUT2D eigenvalue weighted by Crippen LogP contribution is -2.32. The zero-order valence-electron chi connectivity index (χ0n) is 15.3. The number of benzene rings is 3. The predicted octanol–water partition coefficient (Wildman–Crippen LogP) is 5.11. The molecule has 4 heteroatoms. The molecule has 0 atom stereocenters. The van der Waals surface area contributed by atoms with Crippen molar-refractivity contribution in [3.8, 4) is 17.0 Å². The standard InChI is InChI=1S/C23H19NO3/c1-23(2)13-12-17-20(27-23)16-11-7-6-10-15(16)19-21(17)26-22(25)18(24-19)14-8-4-3-5-9-14/h3-11H,12-13H2,1-2H3. The van der Waals surface area contributed by atoms with Gasteiger partial charge in [0.05, 0.1) is 0 Å². The largest absolute Gasteiger partial charge is 0.487 e. The molecule has 1 aliphatic heterocycles. The van der Waals surface area contributed by atoms with Crippen LogP contribution >= 0.6 is 0 Å². The normalized spacial score (nSPS) is 15.5. The third kappa shape index (κ3) is 2.52. The molecule has 0 saturated heterocycles. The second kappa shape index (κ2) is 5.68. The maximum atomic E-state index is 12.7. The maximum Gasteiger partial charge on any atom is 0.363 e. The molecule has 2 heterocycles. The fraction of sp³-hybridized carbons (Fsp3) is 0.217. The second-order valence-corrected chi connectivity index (χ2v) is 7.61. The van der Waals surface area contributed by atoms with Crippen LogP contribution in [0.2, 0.25) is 0 Å². The highest BCUT2D eigenvalue weighted by atomic mass is 16.5. The summed E-state index contributed by atoms with van der Waals surface area (Å²) < 4.78 is 12.1. The third-order valence-electron chi connectivity index (χ3n) is 5.20. The van der Waals surface area contributed by atoms with Gasteiger partial charge in [-0.2, -0.15) is 0 Å². The van der Waals surface area contributed by atoms with Crippen molar-refractivity contribution in [1.82, 2.24) is 4.98 Å². The van der Waals surface area contributed by atoms with Crippen LogP contribution in [0.3, 0.4) is 0 Å². The second-order valence-electron chi connectivity index (χ2n) is 7.61. The summed E-state index contributed by atoms with van der Waals surface area (Å²) in [6.07, 6.45) is 1.65. The zero-order chi connectivity index (χ0) is 18.6. The fourth-order valence-corrected chi connectivity index (χ4v) is 3.81. The summed E-state index contributed by atoms with van der Waals surface area (Å²) in [5, 5.41) is 1.94. The van der Waals surface area contributed by atoms with E-state index in [0.29, 0.717) is 16.8 Å². The van der Waals surface area contributed by atoms with E-state index in [9.17, 15) is 4.79 Å². The van der Waals surface area contributed by atoms with Crippen molar-refractivity contribution in [3.63, 3.8) is 0 Å². The minimum atomic E-state index is -0.420. The molecule has 0 N–H and O–H groups in total. The number of aromatic nitrogens is 1. The van der Waals surface area contributed by atoms with E-state index < -0.39 is 5.63 Å². The van der Waals surface area contributed by atoms with E-state index in [1.807, 2.05) is 54.6 Å². The first-order valence-corrected chi connectivity index (χ1v) is 9.16. The first-order chi connectivity index (χ1) is 13.0.